The Morgan fingerprint density at radius 1 is 1.08 bits per heavy atom. The smallest absolute Gasteiger partial charge is 0.209 e. The lowest BCUT2D eigenvalue weighted by atomic mass is 9.84. The lowest BCUT2D eigenvalue weighted by Crippen LogP contribution is -2.14. The molecule has 1 atom stereocenters. The zero-order valence-corrected chi connectivity index (χ0v) is 23.3. The molecule has 0 spiro atoms. The first-order valence-electron chi connectivity index (χ1n) is 12.6. The highest BCUT2D eigenvalue weighted by atomic mass is 32.1. The van der Waals surface area contributed by atoms with Gasteiger partial charge >= 0.3 is 0 Å². The van der Waals surface area contributed by atoms with Gasteiger partial charge < -0.3 is 5.32 Å². The van der Waals surface area contributed by atoms with Crippen LogP contribution < -0.4 is 5.32 Å². The van der Waals surface area contributed by atoms with Crippen LogP contribution in [0.5, 0.6) is 0 Å². The molecule has 4 aromatic heterocycles. The minimum atomic E-state index is -0.0437. The van der Waals surface area contributed by atoms with Crippen molar-refractivity contribution >= 4 is 39.8 Å². The van der Waals surface area contributed by atoms with Crippen molar-refractivity contribution in [2.24, 2.45) is 11.3 Å². The minimum Gasteiger partial charge on any atom is -0.385 e. The maximum absolute atomic E-state index is 13.6. The van der Waals surface area contributed by atoms with Gasteiger partial charge in [0.15, 0.2) is 5.65 Å². The van der Waals surface area contributed by atoms with Crippen molar-refractivity contribution < 1.29 is 4.79 Å². The Kier molecular flexibility index (Phi) is 7.26. The summed E-state index contributed by atoms with van der Waals surface area (Å²) in [5.74, 6) is 0.622. The average Bonchev–Trinajstić information content (AvgIpc) is 3.63. The highest BCUT2D eigenvalue weighted by molar-refractivity contribution is 7.15. The Hall–Kier alpha value is -3.29. The van der Waals surface area contributed by atoms with Crippen molar-refractivity contribution in [3.63, 3.8) is 0 Å². The number of anilines is 1. The molecule has 0 saturated carbocycles. The number of carbonyl (C=O) groups excluding carboxylic acids is 1. The number of fused-ring (bicyclic) bond motifs is 1. The molecule has 0 aliphatic carbocycles. The first-order chi connectivity index (χ1) is 17.8. The summed E-state index contributed by atoms with van der Waals surface area (Å²) in [6.45, 7) is 10.2. The Bertz CT molecular complexity index is 1510. The van der Waals surface area contributed by atoms with Gasteiger partial charge in [-0.2, -0.15) is 5.10 Å². The molecule has 0 saturated heterocycles. The first kappa shape index (κ1) is 25.4. The quantitative estimate of drug-likeness (QED) is 0.196. The monoisotopic (exact) mass is 528 g/mol. The fourth-order valence-electron chi connectivity index (χ4n) is 4.90. The molecule has 1 aromatic carbocycles. The van der Waals surface area contributed by atoms with E-state index in [1.807, 2.05) is 35.0 Å². The van der Waals surface area contributed by atoms with E-state index in [1.54, 1.807) is 28.2 Å². The van der Waals surface area contributed by atoms with Gasteiger partial charge in [-0.25, -0.2) is 9.50 Å². The molecule has 1 unspecified atom stereocenters. The van der Waals surface area contributed by atoms with Crippen LogP contribution in [0.1, 0.15) is 55.8 Å². The lowest BCUT2D eigenvalue weighted by Gasteiger charge is -2.23. The van der Waals surface area contributed by atoms with Crippen LogP contribution in [0.4, 0.5) is 5.69 Å². The van der Waals surface area contributed by atoms with E-state index >= 15 is 0 Å². The Balaban J connectivity index is 1.38. The van der Waals surface area contributed by atoms with Gasteiger partial charge in [-0.05, 0) is 65.3 Å². The number of benzene rings is 1. The molecule has 0 fully saturated rings. The summed E-state index contributed by atoms with van der Waals surface area (Å²) in [5, 5.41) is 12.2. The van der Waals surface area contributed by atoms with Gasteiger partial charge in [-0.1, -0.05) is 45.9 Å². The summed E-state index contributed by atoms with van der Waals surface area (Å²) in [6, 6.07) is 16.4. The molecule has 7 heteroatoms. The second-order valence-electron chi connectivity index (χ2n) is 10.8. The predicted octanol–water partition coefficient (Wildman–Crippen LogP) is 8.29. The number of aromatic nitrogens is 3. The van der Waals surface area contributed by atoms with Gasteiger partial charge in [0, 0.05) is 34.4 Å². The standard InChI is InChI=1S/C30H32N4OS2/c1-20(18-30(2,3)4)10-13-31-22-8-5-7-21(17-22)25-11-14-32-29-24(19-33-34(25)29)27(35)28-23(12-16-37-28)26-9-6-15-36-26/h5-9,11-12,14-17,19-20,31H,10,13,18H2,1-4H3. The van der Waals surface area contributed by atoms with Gasteiger partial charge in [-0.3, -0.25) is 4.79 Å². The summed E-state index contributed by atoms with van der Waals surface area (Å²) in [7, 11) is 0. The molecule has 0 aliphatic heterocycles. The van der Waals surface area contributed by atoms with Crippen LogP contribution in [-0.2, 0) is 0 Å². The SMILES string of the molecule is CC(CCNc1cccc(-c2ccnc3c(C(=O)c4sccc4-c4cccs4)cnn23)c1)CC(C)(C)C. The number of rotatable bonds is 9. The Morgan fingerprint density at radius 2 is 1.95 bits per heavy atom. The van der Waals surface area contributed by atoms with Crippen LogP contribution in [0, 0.1) is 11.3 Å². The van der Waals surface area contributed by atoms with E-state index in [0.29, 0.717) is 22.5 Å². The molecule has 1 N–H and O–H groups in total. The van der Waals surface area contributed by atoms with Crippen molar-refractivity contribution in [2.75, 3.05) is 11.9 Å². The van der Waals surface area contributed by atoms with Crippen LogP contribution in [0.3, 0.4) is 0 Å². The number of thiophene rings is 2. The molecule has 190 valence electrons. The molecule has 4 heterocycles. The predicted molar refractivity (Wildman–Crippen MR) is 156 cm³/mol. The van der Waals surface area contributed by atoms with Crippen molar-refractivity contribution in [3.8, 4) is 21.7 Å². The topological polar surface area (TPSA) is 59.3 Å². The molecular weight excluding hydrogens is 496 g/mol. The van der Waals surface area contributed by atoms with E-state index in [4.69, 9.17) is 0 Å². The molecule has 0 bridgehead atoms. The third kappa shape index (κ3) is 5.68. The Labute approximate surface area is 226 Å². The molecule has 37 heavy (non-hydrogen) atoms. The van der Waals surface area contributed by atoms with Crippen molar-refractivity contribution in [1.82, 2.24) is 14.6 Å². The van der Waals surface area contributed by atoms with E-state index in [-0.39, 0.29) is 5.78 Å². The summed E-state index contributed by atoms with van der Waals surface area (Å²) in [4.78, 5) is 19.9. The average molecular weight is 529 g/mol. The molecule has 0 radical (unpaired) electrons. The van der Waals surface area contributed by atoms with E-state index in [1.165, 1.54) is 17.8 Å². The molecule has 0 amide bonds. The summed E-state index contributed by atoms with van der Waals surface area (Å²) in [6.07, 6.45) is 5.74. The minimum absolute atomic E-state index is 0.0437. The maximum atomic E-state index is 13.6. The number of hydrogen-bond acceptors (Lipinski definition) is 6. The Morgan fingerprint density at radius 3 is 2.73 bits per heavy atom. The van der Waals surface area contributed by atoms with Gasteiger partial charge in [0.2, 0.25) is 5.78 Å². The lowest BCUT2D eigenvalue weighted by molar-refractivity contribution is 0.104. The normalized spacial score (nSPS) is 12.6. The van der Waals surface area contributed by atoms with E-state index in [2.05, 4.69) is 67.4 Å². The van der Waals surface area contributed by atoms with Crippen molar-refractivity contribution in [3.05, 3.63) is 82.1 Å². The van der Waals surface area contributed by atoms with E-state index in [9.17, 15) is 4.79 Å². The summed E-state index contributed by atoms with van der Waals surface area (Å²) < 4.78 is 1.77. The first-order valence-corrected chi connectivity index (χ1v) is 14.4. The fraction of sp³-hybridized carbons (Fsp3) is 0.300. The van der Waals surface area contributed by atoms with Crippen LogP contribution >= 0.6 is 22.7 Å². The molecular formula is C30H32N4OS2. The van der Waals surface area contributed by atoms with Crippen molar-refractivity contribution in [2.45, 2.75) is 40.5 Å². The summed E-state index contributed by atoms with van der Waals surface area (Å²) in [5.41, 5.74) is 5.41. The van der Waals surface area contributed by atoms with E-state index < -0.39 is 0 Å². The second-order valence-corrected chi connectivity index (χ2v) is 12.6. The molecule has 5 aromatic rings. The highest BCUT2D eigenvalue weighted by Gasteiger charge is 2.22. The van der Waals surface area contributed by atoms with Gasteiger partial charge in [0.05, 0.1) is 22.3 Å². The third-order valence-corrected chi connectivity index (χ3v) is 8.21. The van der Waals surface area contributed by atoms with Gasteiger partial charge in [0.25, 0.3) is 0 Å². The van der Waals surface area contributed by atoms with Crippen LogP contribution in [0.2, 0.25) is 0 Å². The third-order valence-electron chi connectivity index (χ3n) is 6.39. The summed E-state index contributed by atoms with van der Waals surface area (Å²) >= 11 is 3.10. The van der Waals surface area contributed by atoms with Gasteiger partial charge in [-0.15, -0.1) is 22.7 Å². The molecule has 0 aliphatic rings. The van der Waals surface area contributed by atoms with E-state index in [0.717, 1.165) is 45.2 Å². The number of nitrogens with one attached hydrogen (secondary N) is 1. The number of carbonyl (C=O) groups is 1. The largest absolute Gasteiger partial charge is 0.385 e. The highest BCUT2D eigenvalue weighted by Crippen LogP contribution is 2.34. The number of nitrogens with zero attached hydrogens (tertiary/aromatic N) is 3. The fourth-order valence-corrected chi connectivity index (χ4v) is 6.59. The number of ketones is 1. The zero-order chi connectivity index (χ0) is 26.0. The van der Waals surface area contributed by atoms with Crippen LogP contribution in [0.25, 0.3) is 27.3 Å². The maximum Gasteiger partial charge on any atom is 0.209 e. The van der Waals surface area contributed by atoms with Crippen LogP contribution in [0.15, 0.2) is 71.7 Å². The molecule has 5 rings (SSSR count). The molecule has 5 nitrogen and oxygen atoms in total. The van der Waals surface area contributed by atoms with Gasteiger partial charge in [0.1, 0.15) is 0 Å². The van der Waals surface area contributed by atoms with Crippen molar-refractivity contribution in [1.29, 1.82) is 0 Å². The second kappa shape index (κ2) is 10.6. The van der Waals surface area contributed by atoms with Crippen LogP contribution in [-0.4, -0.2) is 26.9 Å². The zero-order valence-electron chi connectivity index (χ0n) is 21.7. The number of hydrogen-bond donors (Lipinski definition) is 1.